The van der Waals surface area contributed by atoms with Crippen LogP contribution >= 0.6 is 12.2 Å². The van der Waals surface area contributed by atoms with Gasteiger partial charge in [0, 0.05) is 43.3 Å². The fourth-order valence-electron chi connectivity index (χ4n) is 2.68. The van der Waals surface area contributed by atoms with E-state index < -0.39 is 0 Å². The standard InChI is InChI=1S/C15H22FN3S/c1-3-13-10-19(7-6-18(13)2)9-12-8-11(15(17)20)4-5-14(12)16/h4-5,8,13H,3,6-7,9-10H2,1-2H3,(H2,17,20). The molecule has 0 radical (unpaired) electrons. The van der Waals surface area contributed by atoms with E-state index in [1.807, 2.05) is 0 Å². The van der Waals surface area contributed by atoms with E-state index in [1.165, 1.54) is 6.07 Å². The van der Waals surface area contributed by atoms with Gasteiger partial charge in [0.05, 0.1) is 0 Å². The van der Waals surface area contributed by atoms with Gasteiger partial charge in [0.1, 0.15) is 10.8 Å². The molecule has 5 heteroatoms. The number of thiocarbonyl (C=S) groups is 1. The van der Waals surface area contributed by atoms with Crippen LogP contribution in [0.3, 0.4) is 0 Å². The molecule has 2 rings (SSSR count). The molecular weight excluding hydrogens is 273 g/mol. The summed E-state index contributed by atoms with van der Waals surface area (Å²) in [5, 5.41) is 0. The van der Waals surface area contributed by atoms with E-state index in [2.05, 4.69) is 23.8 Å². The fraction of sp³-hybridized carbons (Fsp3) is 0.533. The SMILES string of the molecule is CCC1CN(Cc2cc(C(N)=S)ccc2F)CCN1C. The van der Waals surface area contributed by atoms with Gasteiger partial charge in [-0.1, -0.05) is 19.1 Å². The van der Waals surface area contributed by atoms with E-state index in [9.17, 15) is 4.39 Å². The Bertz CT molecular complexity index is 492. The number of rotatable bonds is 4. The maximum atomic E-state index is 13.9. The quantitative estimate of drug-likeness (QED) is 0.861. The molecule has 1 atom stereocenters. The monoisotopic (exact) mass is 295 g/mol. The van der Waals surface area contributed by atoms with Gasteiger partial charge < -0.3 is 10.6 Å². The van der Waals surface area contributed by atoms with Gasteiger partial charge in [-0.15, -0.1) is 0 Å². The van der Waals surface area contributed by atoms with Gasteiger partial charge in [0.15, 0.2) is 0 Å². The van der Waals surface area contributed by atoms with Gasteiger partial charge in [0.2, 0.25) is 0 Å². The molecule has 0 aliphatic carbocycles. The second-order valence-corrected chi connectivity index (χ2v) is 5.89. The molecule has 0 saturated carbocycles. The third-order valence-electron chi connectivity index (χ3n) is 4.06. The van der Waals surface area contributed by atoms with Crippen LogP contribution in [0.5, 0.6) is 0 Å². The molecule has 1 unspecified atom stereocenters. The normalized spacial score (nSPS) is 21.1. The first kappa shape index (κ1) is 15.4. The van der Waals surface area contributed by atoms with Crippen molar-refractivity contribution < 1.29 is 4.39 Å². The Labute approximate surface area is 125 Å². The minimum absolute atomic E-state index is 0.183. The molecule has 0 amide bonds. The average Bonchev–Trinajstić information content (AvgIpc) is 2.43. The van der Waals surface area contributed by atoms with E-state index in [-0.39, 0.29) is 5.82 Å². The summed E-state index contributed by atoms with van der Waals surface area (Å²) in [6.45, 7) is 5.77. The van der Waals surface area contributed by atoms with Crippen LogP contribution in [0.15, 0.2) is 18.2 Å². The molecule has 1 aromatic carbocycles. The van der Waals surface area contributed by atoms with E-state index in [1.54, 1.807) is 12.1 Å². The fourth-order valence-corrected chi connectivity index (χ4v) is 2.81. The van der Waals surface area contributed by atoms with Crippen molar-refractivity contribution in [2.45, 2.75) is 25.9 Å². The van der Waals surface area contributed by atoms with Crippen LogP contribution in [0, 0.1) is 5.82 Å². The van der Waals surface area contributed by atoms with Crippen LogP contribution in [0.2, 0.25) is 0 Å². The topological polar surface area (TPSA) is 32.5 Å². The predicted molar refractivity (Wildman–Crippen MR) is 84.3 cm³/mol. The van der Waals surface area contributed by atoms with Gasteiger partial charge >= 0.3 is 0 Å². The Hall–Kier alpha value is -1.04. The molecule has 110 valence electrons. The lowest BCUT2D eigenvalue weighted by Crippen LogP contribution is -2.50. The minimum Gasteiger partial charge on any atom is -0.389 e. The number of nitrogens with zero attached hydrogens (tertiary/aromatic N) is 2. The van der Waals surface area contributed by atoms with Crippen LogP contribution in [0.1, 0.15) is 24.5 Å². The van der Waals surface area contributed by atoms with Gasteiger partial charge in [-0.2, -0.15) is 0 Å². The van der Waals surface area contributed by atoms with Crippen molar-refractivity contribution in [2.24, 2.45) is 5.73 Å². The third kappa shape index (κ3) is 3.53. The lowest BCUT2D eigenvalue weighted by Gasteiger charge is -2.39. The zero-order chi connectivity index (χ0) is 14.7. The molecular formula is C15H22FN3S. The highest BCUT2D eigenvalue weighted by Gasteiger charge is 2.23. The van der Waals surface area contributed by atoms with Crippen molar-refractivity contribution >= 4 is 17.2 Å². The van der Waals surface area contributed by atoms with Crippen molar-refractivity contribution in [2.75, 3.05) is 26.7 Å². The summed E-state index contributed by atoms with van der Waals surface area (Å²) in [4.78, 5) is 4.99. The highest BCUT2D eigenvalue weighted by Crippen LogP contribution is 2.17. The summed E-state index contributed by atoms with van der Waals surface area (Å²) in [5.41, 5.74) is 7.03. The van der Waals surface area contributed by atoms with Crippen molar-refractivity contribution in [3.8, 4) is 0 Å². The summed E-state index contributed by atoms with van der Waals surface area (Å²) in [5.74, 6) is -0.183. The molecule has 1 aliphatic heterocycles. The Balaban J connectivity index is 2.10. The maximum Gasteiger partial charge on any atom is 0.127 e. The molecule has 1 saturated heterocycles. The molecule has 0 spiro atoms. The molecule has 1 aliphatic rings. The first-order valence-electron chi connectivity index (χ1n) is 7.02. The number of likely N-dealkylation sites (N-methyl/N-ethyl adjacent to an activating group) is 1. The van der Waals surface area contributed by atoms with Crippen LogP contribution in [-0.2, 0) is 6.54 Å². The van der Waals surface area contributed by atoms with Gasteiger partial charge in [0.25, 0.3) is 0 Å². The zero-order valence-electron chi connectivity index (χ0n) is 12.1. The van der Waals surface area contributed by atoms with Crippen LogP contribution < -0.4 is 5.73 Å². The van der Waals surface area contributed by atoms with E-state index in [0.29, 0.717) is 23.1 Å². The number of halogens is 1. The first-order chi connectivity index (χ1) is 9.51. The van der Waals surface area contributed by atoms with E-state index in [4.69, 9.17) is 18.0 Å². The van der Waals surface area contributed by atoms with Gasteiger partial charge in [-0.3, -0.25) is 4.90 Å². The Kier molecular flexibility index (Phi) is 5.07. The molecule has 0 aromatic heterocycles. The van der Waals surface area contributed by atoms with Crippen LogP contribution in [0.4, 0.5) is 4.39 Å². The molecule has 1 fully saturated rings. The number of benzene rings is 1. The molecule has 2 N–H and O–H groups in total. The Morgan fingerprint density at radius 2 is 2.20 bits per heavy atom. The van der Waals surface area contributed by atoms with E-state index >= 15 is 0 Å². The van der Waals surface area contributed by atoms with Crippen molar-refractivity contribution in [3.05, 3.63) is 35.1 Å². The second-order valence-electron chi connectivity index (χ2n) is 5.45. The second kappa shape index (κ2) is 6.61. The summed E-state index contributed by atoms with van der Waals surface area (Å²) in [6.07, 6.45) is 1.11. The Morgan fingerprint density at radius 3 is 2.85 bits per heavy atom. The number of hydrogen-bond donors (Lipinski definition) is 1. The highest BCUT2D eigenvalue weighted by atomic mass is 32.1. The lowest BCUT2D eigenvalue weighted by molar-refractivity contribution is 0.0876. The molecule has 1 heterocycles. The third-order valence-corrected chi connectivity index (χ3v) is 4.29. The summed E-state index contributed by atoms with van der Waals surface area (Å²) in [7, 11) is 2.15. The van der Waals surface area contributed by atoms with Crippen molar-refractivity contribution in [1.29, 1.82) is 0 Å². The molecule has 1 aromatic rings. The average molecular weight is 295 g/mol. The van der Waals surface area contributed by atoms with Crippen LogP contribution in [-0.4, -0.2) is 47.5 Å². The predicted octanol–water partition coefficient (Wildman–Crippen LogP) is 1.99. The smallest absolute Gasteiger partial charge is 0.127 e. The molecule has 20 heavy (non-hydrogen) atoms. The number of nitrogens with two attached hydrogens (primary N) is 1. The lowest BCUT2D eigenvalue weighted by atomic mass is 10.1. The Morgan fingerprint density at radius 1 is 1.45 bits per heavy atom. The number of piperazine rings is 1. The first-order valence-corrected chi connectivity index (χ1v) is 7.43. The summed E-state index contributed by atoms with van der Waals surface area (Å²) in [6, 6.07) is 5.42. The highest BCUT2D eigenvalue weighted by molar-refractivity contribution is 7.80. The minimum atomic E-state index is -0.183. The largest absolute Gasteiger partial charge is 0.389 e. The maximum absolute atomic E-state index is 13.9. The molecule has 0 bridgehead atoms. The summed E-state index contributed by atoms with van der Waals surface area (Å²) >= 11 is 4.96. The zero-order valence-corrected chi connectivity index (χ0v) is 12.9. The van der Waals surface area contributed by atoms with Crippen molar-refractivity contribution in [1.82, 2.24) is 9.80 Å². The van der Waals surface area contributed by atoms with E-state index in [0.717, 1.165) is 31.6 Å². The van der Waals surface area contributed by atoms with Crippen LogP contribution in [0.25, 0.3) is 0 Å². The summed E-state index contributed by atoms with van der Waals surface area (Å²) < 4.78 is 13.9. The van der Waals surface area contributed by atoms with Crippen molar-refractivity contribution in [3.63, 3.8) is 0 Å². The van der Waals surface area contributed by atoms with Gasteiger partial charge in [-0.25, -0.2) is 4.39 Å². The van der Waals surface area contributed by atoms with Gasteiger partial charge in [-0.05, 0) is 31.7 Å². The number of hydrogen-bond acceptors (Lipinski definition) is 3. The molecule has 3 nitrogen and oxygen atoms in total.